The predicted octanol–water partition coefficient (Wildman–Crippen LogP) is 2.54. The Hall–Kier alpha value is -3.94. The van der Waals surface area contributed by atoms with Gasteiger partial charge in [-0.05, 0) is 30.5 Å². The van der Waals surface area contributed by atoms with Crippen molar-refractivity contribution in [3.63, 3.8) is 0 Å². The number of pyridine rings is 1. The maximum absolute atomic E-state index is 13.0. The smallest absolute Gasteiger partial charge is 0.294 e. The number of H-pyrrole nitrogens is 1. The van der Waals surface area contributed by atoms with Crippen LogP contribution in [0.5, 0.6) is 0 Å². The van der Waals surface area contributed by atoms with Crippen LogP contribution in [-0.4, -0.2) is 25.4 Å². The summed E-state index contributed by atoms with van der Waals surface area (Å²) in [7, 11) is 0. The number of aromatic nitrogens is 4. The molecule has 4 heterocycles. The Labute approximate surface area is 178 Å². The first kappa shape index (κ1) is 19.0. The van der Waals surface area contributed by atoms with Gasteiger partial charge in [-0.15, -0.1) is 0 Å². The van der Waals surface area contributed by atoms with Crippen LogP contribution in [-0.2, 0) is 24.3 Å². The number of rotatable bonds is 6. The lowest BCUT2D eigenvalue weighted by Gasteiger charge is -2.15. The van der Waals surface area contributed by atoms with Crippen molar-refractivity contribution in [2.24, 2.45) is 0 Å². The quantitative estimate of drug-likeness (QED) is 0.450. The topological polar surface area (TPSA) is 105 Å². The molecule has 0 radical (unpaired) electrons. The maximum atomic E-state index is 13.0. The first-order valence-corrected chi connectivity index (χ1v) is 10.3. The van der Waals surface area contributed by atoms with Crippen molar-refractivity contribution in [1.29, 1.82) is 0 Å². The molecule has 0 aliphatic carbocycles. The number of hydrogen-bond donors (Lipinski definition) is 3. The molecule has 0 fully saturated rings. The Morgan fingerprint density at radius 1 is 1.16 bits per heavy atom. The second-order valence-electron chi connectivity index (χ2n) is 7.64. The van der Waals surface area contributed by atoms with E-state index in [1.165, 1.54) is 0 Å². The summed E-state index contributed by atoms with van der Waals surface area (Å²) in [6.07, 6.45) is 6.42. The number of anilines is 1. The molecule has 3 aromatic heterocycles. The largest absolute Gasteiger partial charge is 0.361 e. The number of carbonyl (C=O) groups is 1. The van der Waals surface area contributed by atoms with Gasteiger partial charge in [0.1, 0.15) is 6.04 Å². The lowest BCUT2D eigenvalue weighted by atomic mass is 10.2. The highest BCUT2D eigenvalue weighted by Crippen LogP contribution is 2.24. The van der Waals surface area contributed by atoms with Crippen molar-refractivity contribution in [2.45, 2.75) is 32.0 Å². The predicted molar refractivity (Wildman–Crippen MR) is 118 cm³/mol. The number of amides is 1. The van der Waals surface area contributed by atoms with Crippen LogP contribution < -0.4 is 16.2 Å². The third kappa shape index (κ3) is 3.79. The first-order valence-electron chi connectivity index (χ1n) is 10.3. The van der Waals surface area contributed by atoms with Crippen LogP contribution in [0.1, 0.15) is 29.4 Å². The average molecular weight is 414 g/mol. The number of aryl methyl sites for hydroxylation is 1. The van der Waals surface area contributed by atoms with Gasteiger partial charge in [-0.1, -0.05) is 30.3 Å². The minimum atomic E-state index is -0.533. The molecule has 1 atom stereocenters. The van der Waals surface area contributed by atoms with Crippen molar-refractivity contribution in [2.75, 3.05) is 5.32 Å². The van der Waals surface area contributed by atoms with E-state index in [1.54, 1.807) is 23.2 Å². The Morgan fingerprint density at radius 2 is 2.03 bits per heavy atom. The van der Waals surface area contributed by atoms with E-state index in [1.807, 2.05) is 42.5 Å². The fourth-order valence-electron chi connectivity index (χ4n) is 4.02. The normalized spacial score (nSPS) is 15.0. The first-order chi connectivity index (χ1) is 15.2. The molecule has 0 saturated carbocycles. The molecule has 0 spiro atoms. The Morgan fingerprint density at radius 3 is 2.87 bits per heavy atom. The van der Waals surface area contributed by atoms with Gasteiger partial charge in [-0.2, -0.15) is 0 Å². The fraction of sp³-hybridized carbons (Fsp3) is 0.217. The van der Waals surface area contributed by atoms with Crippen LogP contribution in [0.4, 0.5) is 5.82 Å². The van der Waals surface area contributed by atoms with Gasteiger partial charge in [-0.3, -0.25) is 19.1 Å². The molecule has 3 N–H and O–H groups in total. The molecule has 1 aromatic carbocycles. The van der Waals surface area contributed by atoms with Gasteiger partial charge in [-0.25, -0.2) is 4.98 Å². The van der Waals surface area contributed by atoms with Gasteiger partial charge in [0.25, 0.3) is 5.56 Å². The summed E-state index contributed by atoms with van der Waals surface area (Å²) in [5.74, 6) is 0.0910. The molecule has 1 aliphatic rings. The van der Waals surface area contributed by atoms with E-state index in [-0.39, 0.29) is 17.3 Å². The molecule has 8 heteroatoms. The number of aromatic amines is 1. The van der Waals surface area contributed by atoms with Gasteiger partial charge in [0.05, 0.1) is 6.54 Å². The second-order valence-corrected chi connectivity index (χ2v) is 7.64. The third-order valence-electron chi connectivity index (χ3n) is 5.59. The Kier molecular flexibility index (Phi) is 4.95. The molecule has 4 aromatic rings. The van der Waals surface area contributed by atoms with Gasteiger partial charge >= 0.3 is 0 Å². The van der Waals surface area contributed by atoms with Crippen molar-refractivity contribution >= 4 is 22.6 Å². The van der Waals surface area contributed by atoms with Crippen LogP contribution in [0.25, 0.3) is 10.9 Å². The standard InChI is InChI=1S/C23H22N6O2/c30-22(27-13-17-10-16-12-24-9-8-19(16)28-17)20-7-6-18-14-26-21(23(31)29(18)20)25-11-15-4-2-1-3-5-15/h1-5,8-10,12,14,20,28H,6-7,11,13H2,(H,25,26)(H,27,30)/t20-/m0/s1. The molecule has 31 heavy (non-hydrogen) atoms. The van der Waals surface area contributed by atoms with E-state index < -0.39 is 6.04 Å². The van der Waals surface area contributed by atoms with E-state index in [4.69, 9.17) is 0 Å². The zero-order valence-corrected chi connectivity index (χ0v) is 16.8. The highest BCUT2D eigenvalue weighted by Gasteiger charge is 2.30. The van der Waals surface area contributed by atoms with Gasteiger partial charge in [0, 0.05) is 47.4 Å². The van der Waals surface area contributed by atoms with Crippen LogP contribution >= 0.6 is 0 Å². The minimum Gasteiger partial charge on any atom is -0.361 e. The van der Waals surface area contributed by atoms with Crippen molar-refractivity contribution in [3.05, 3.63) is 88.4 Å². The number of carbonyl (C=O) groups excluding carboxylic acids is 1. The van der Waals surface area contributed by atoms with E-state index in [0.29, 0.717) is 25.9 Å². The van der Waals surface area contributed by atoms with Crippen molar-refractivity contribution in [3.8, 4) is 0 Å². The number of nitrogens with one attached hydrogen (secondary N) is 3. The van der Waals surface area contributed by atoms with Gasteiger partial charge < -0.3 is 15.6 Å². The average Bonchev–Trinajstić information content (AvgIpc) is 3.42. The van der Waals surface area contributed by atoms with E-state index in [0.717, 1.165) is 27.9 Å². The zero-order chi connectivity index (χ0) is 21.2. The lowest BCUT2D eigenvalue weighted by Crippen LogP contribution is -2.36. The van der Waals surface area contributed by atoms with E-state index in [2.05, 4.69) is 25.6 Å². The SMILES string of the molecule is O=C(NCc1cc2cnccc2[nH]1)[C@@H]1CCc2cnc(NCc3ccccc3)c(=O)n21. The van der Waals surface area contributed by atoms with Gasteiger partial charge in [0.2, 0.25) is 5.91 Å². The molecule has 156 valence electrons. The van der Waals surface area contributed by atoms with E-state index >= 15 is 0 Å². The molecule has 0 bridgehead atoms. The van der Waals surface area contributed by atoms with Crippen LogP contribution in [0, 0.1) is 0 Å². The molecule has 5 rings (SSSR count). The molecule has 0 saturated heterocycles. The highest BCUT2D eigenvalue weighted by molar-refractivity contribution is 5.82. The molecular weight excluding hydrogens is 392 g/mol. The summed E-state index contributed by atoms with van der Waals surface area (Å²) >= 11 is 0. The summed E-state index contributed by atoms with van der Waals surface area (Å²) in [6, 6.07) is 13.1. The Bertz CT molecular complexity index is 1260. The Balaban J connectivity index is 1.30. The third-order valence-corrected chi connectivity index (χ3v) is 5.59. The van der Waals surface area contributed by atoms with Gasteiger partial charge in [0.15, 0.2) is 5.82 Å². The van der Waals surface area contributed by atoms with Crippen LogP contribution in [0.15, 0.2) is 65.8 Å². The zero-order valence-electron chi connectivity index (χ0n) is 16.8. The summed E-state index contributed by atoms with van der Waals surface area (Å²) in [4.78, 5) is 37.6. The number of hydrogen-bond acceptors (Lipinski definition) is 5. The summed E-state index contributed by atoms with van der Waals surface area (Å²) in [5.41, 5.74) is 3.44. The van der Waals surface area contributed by atoms with E-state index in [9.17, 15) is 9.59 Å². The van der Waals surface area contributed by atoms with Crippen molar-refractivity contribution in [1.82, 2.24) is 24.8 Å². The fourth-order valence-corrected chi connectivity index (χ4v) is 4.02. The second kappa shape index (κ2) is 8.06. The molecule has 8 nitrogen and oxygen atoms in total. The van der Waals surface area contributed by atoms with Crippen LogP contribution in [0.2, 0.25) is 0 Å². The molecule has 1 aliphatic heterocycles. The molecule has 1 amide bonds. The van der Waals surface area contributed by atoms with Crippen LogP contribution in [0.3, 0.4) is 0 Å². The monoisotopic (exact) mass is 414 g/mol. The number of fused-ring (bicyclic) bond motifs is 2. The summed E-state index contributed by atoms with van der Waals surface area (Å²) in [5, 5.41) is 7.06. The maximum Gasteiger partial charge on any atom is 0.294 e. The number of benzene rings is 1. The number of nitrogens with zero attached hydrogens (tertiary/aromatic N) is 3. The summed E-state index contributed by atoms with van der Waals surface area (Å²) < 4.78 is 1.57. The summed E-state index contributed by atoms with van der Waals surface area (Å²) in [6.45, 7) is 0.854. The minimum absolute atomic E-state index is 0.169. The lowest BCUT2D eigenvalue weighted by molar-refractivity contribution is -0.124. The molecular formula is C23H22N6O2. The van der Waals surface area contributed by atoms with Crippen molar-refractivity contribution < 1.29 is 4.79 Å². The molecule has 0 unspecified atom stereocenters. The highest BCUT2D eigenvalue weighted by atomic mass is 16.2.